The fourth-order valence-corrected chi connectivity index (χ4v) is 3.22. The summed E-state index contributed by atoms with van der Waals surface area (Å²) < 4.78 is 10.6. The minimum absolute atomic E-state index is 0.206. The molecule has 2 amide bonds. The summed E-state index contributed by atoms with van der Waals surface area (Å²) >= 11 is 0. The zero-order valence-electron chi connectivity index (χ0n) is 16.9. The van der Waals surface area contributed by atoms with Crippen LogP contribution >= 0.6 is 0 Å². The van der Waals surface area contributed by atoms with Crippen molar-refractivity contribution in [2.45, 2.75) is 19.0 Å². The normalized spacial score (nSPS) is 11.6. The standard InChI is InChI=1S/C24H26N2O3/c1-17(20-14-15-21(28-2)22(16-20)29-3)25-24(27)26-23(18-10-6-4-7-11-18)19-12-8-5-9-13-19/h4-17,23H,1-3H3,(H2,25,26,27). The molecule has 1 atom stereocenters. The van der Waals surface area contributed by atoms with E-state index in [9.17, 15) is 4.79 Å². The number of ether oxygens (including phenoxy) is 2. The van der Waals surface area contributed by atoms with Gasteiger partial charge in [-0.15, -0.1) is 0 Å². The summed E-state index contributed by atoms with van der Waals surface area (Å²) in [6.07, 6.45) is 0. The van der Waals surface area contributed by atoms with Crippen molar-refractivity contribution in [3.63, 3.8) is 0 Å². The molecule has 0 radical (unpaired) electrons. The highest BCUT2D eigenvalue weighted by atomic mass is 16.5. The van der Waals surface area contributed by atoms with E-state index in [0.717, 1.165) is 16.7 Å². The molecule has 0 fully saturated rings. The zero-order chi connectivity index (χ0) is 20.6. The average molecular weight is 390 g/mol. The monoisotopic (exact) mass is 390 g/mol. The first-order chi connectivity index (χ1) is 14.1. The molecule has 29 heavy (non-hydrogen) atoms. The van der Waals surface area contributed by atoms with Gasteiger partial charge in [0.2, 0.25) is 0 Å². The SMILES string of the molecule is COc1ccc(C(C)NC(=O)NC(c2ccccc2)c2ccccc2)cc1OC. The number of rotatable bonds is 7. The first-order valence-electron chi connectivity index (χ1n) is 9.51. The number of benzene rings is 3. The van der Waals surface area contributed by atoms with Gasteiger partial charge in [0.1, 0.15) is 0 Å². The fourth-order valence-electron chi connectivity index (χ4n) is 3.22. The van der Waals surface area contributed by atoms with Gasteiger partial charge in [0.25, 0.3) is 0 Å². The van der Waals surface area contributed by atoms with Gasteiger partial charge in [-0.1, -0.05) is 66.7 Å². The molecule has 0 aliphatic carbocycles. The molecule has 3 aromatic carbocycles. The maximum absolute atomic E-state index is 12.8. The molecular weight excluding hydrogens is 364 g/mol. The minimum atomic E-state index is -0.245. The van der Waals surface area contributed by atoms with Crippen LogP contribution in [0, 0.1) is 0 Å². The summed E-state index contributed by atoms with van der Waals surface area (Å²) in [7, 11) is 3.19. The fraction of sp³-hybridized carbons (Fsp3) is 0.208. The van der Waals surface area contributed by atoms with E-state index in [1.165, 1.54) is 0 Å². The lowest BCUT2D eigenvalue weighted by Gasteiger charge is -2.22. The Kier molecular flexibility index (Phi) is 6.74. The predicted octanol–water partition coefficient (Wildman–Crippen LogP) is 4.85. The molecule has 0 saturated heterocycles. The number of hydrogen-bond donors (Lipinski definition) is 2. The molecule has 3 aromatic rings. The van der Waals surface area contributed by atoms with Crippen molar-refractivity contribution in [1.82, 2.24) is 10.6 Å². The van der Waals surface area contributed by atoms with Crippen LogP contribution in [-0.2, 0) is 0 Å². The van der Waals surface area contributed by atoms with Gasteiger partial charge in [0, 0.05) is 0 Å². The Morgan fingerprint density at radius 2 is 1.28 bits per heavy atom. The molecule has 0 spiro atoms. The lowest BCUT2D eigenvalue weighted by atomic mass is 9.99. The zero-order valence-corrected chi connectivity index (χ0v) is 16.9. The van der Waals surface area contributed by atoms with Gasteiger partial charge < -0.3 is 20.1 Å². The van der Waals surface area contributed by atoms with Crippen LogP contribution in [0.4, 0.5) is 4.79 Å². The third-order valence-corrected chi connectivity index (χ3v) is 4.80. The molecule has 1 unspecified atom stereocenters. The first kappa shape index (κ1) is 20.3. The van der Waals surface area contributed by atoms with Gasteiger partial charge in [-0.3, -0.25) is 0 Å². The molecule has 0 heterocycles. The molecule has 0 aromatic heterocycles. The van der Waals surface area contributed by atoms with E-state index in [1.54, 1.807) is 14.2 Å². The number of urea groups is 1. The third-order valence-electron chi connectivity index (χ3n) is 4.80. The Bertz CT molecular complexity index is 890. The summed E-state index contributed by atoms with van der Waals surface area (Å²) in [6, 6.07) is 24.8. The predicted molar refractivity (Wildman–Crippen MR) is 114 cm³/mol. The van der Waals surface area contributed by atoms with Gasteiger partial charge in [0.15, 0.2) is 11.5 Å². The molecule has 150 valence electrons. The van der Waals surface area contributed by atoms with Crippen LogP contribution in [0.1, 0.15) is 35.7 Å². The molecule has 3 rings (SSSR count). The summed E-state index contributed by atoms with van der Waals surface area (Å²) in [4.78, 5) is 12.8. The van der Waals surface area contributed by atoms with Crippen molar-refractivity contribution in [2.75, 3.05) is 14.2 Å². The summed E-state index contributed by atoms with van der Waals surface area (Å²) in [5, 5.41) is 6.10. The Hall–Kier alpha value is -3.47. The van der Waals surface area contributed by atoms with E-state index in [4.69, 9.17) is 9.47 Å². The number of amides is 2. The van der Waals surface area contributed by atoms with Crippen molar-refractivity contribution < 1.29 is 14.3 Å². The Morgan fingerprint density at radius 3 is 1.79 bits per heavy atom. The van der Waals surface area contributed by atoms with Crippen molar-refractivity contribution in [3.05, 3.63) is 95.6 Å². The number of hydrogen-bond acceptors (Lipinski definition) is 3. The van der Waals surface area contributed by atoms with Crippen LogP contribution in [0.3, 0.4) is 0 Å². The topological polar surface area (TPSA) is 59.6 Å². The van der Waals surface area contributed by atoms with E-state index in [0.29, 0.717) is 11.5 Å². The third kappa shape index (κ3) is 5.08. The highest BCUT2D eigenvalue weighted by Crippen LogP contribution is 2.30. The average Bonchev–Trinajstić information content (AvgIpc) is 2.78. The van der Waals surface area contributed by atoms with E-state index in [2.05, 4.69) is 10.6 Å². The van der Waals surface area contributed by atoms with Crippen molar-refractivity contribution in [1.29, 1.82) is 0 Å². The van der Waals surface area contributed by atoms with Crippen LogP contribution in [0.2, 0.25) is 0 Å². The Morgan fingerprint density at radius 1 is 0.724 bits per heavy atom. The molecule has 0 aliphatic heterocycles. The molecule has 0 saturated carbocycles. The maximum Gasteiger partial charge on any atom is 0.316 e. The van der Waals surface area contributed by atoms with Crippen molar-refractivity contribution in [3.8, 4) is 11.5 Å². The van der Waals surface area contributed by atoms with Gasteiger partial charge in [0.05, 0.1) is 26.3 Å². The quantitative estimate of drug-likeness (QED) is 0.606. The minimum Gasteiger partial charge on any atom is -0.493 e. The van der Waals surface area contributed by atoms with Crippen LogP contribution in [0.25, 0.3) is 0 Å². The lowest BCUT2D eigenvalue weighted by Crippen LogP contribution is -2.39. The van der Waals surface area contributed by atoms with Gasteiger partial charge in [-0.25, -0.2) is 4.79 Å². The number of carbonyl (C=O) groups excluding carboxylic acids is 1. The first-order valence-corrected chi connectivity index (χ1v) is 9.51. The number of methoxy groups -OCH3 is 2. The second-order valence-electron chi connectivity index (χ2n) is 6.71. The van der Waals surface area contributed by atoms with Gasteiger partial charge >= 0.3 is 6.03 Å². The van der Waals surface area contributed by atoms with Crippen LogP contribution in [0.15, 0.2) is 78.9 Å². The van der Waals surface area contributed by atoms with Crippen LogP contribution < -0.4 is 20.1 Å². The van der Waals surface area contributed by atoms with Crippen molar-refractivity contribution in [2.24, 2.45) is 0 Å². The number of nitrogens with one attached hydrogen (secondary N) is 2. The molecule has 0 bridgehead atoms. The second kappa shape index (κ2) is 9.64. The summed E-state index contributed by atoms with van der Waals surface area (Å²) in [5.74, 6) is 1.28. The van der Waals surface area contributed by atoms with E-state index < -0.39 is 0 Å². The second-order valence-corrected chi connectivity index (χ2v) is 6.71. The Balaban J connectivity index is 1.75. The highest BCUT2D eigenvalue weighted by Gasteiger charge is 2.18. The van der Waals surface area contributed by atoms with Crippen LogP contribution in [-0.4, -0.2) is 20.3 Å². The Labute approximate surface area is 171 Å². The summed E-state index contributed by atoms with van der Waals surface area (Å²) in [6.45, 7) is 1.93. The van der Waals surface area contributed by atoms with Gasteiger partial charge in [-0.2, -0.15) is 0 Å². The number of carbonyl (C=O) groups is 1. The highest BCUT2D eigenvalue weighted by molar-refractivity contribution is 5.75. The van der Waals surface area contributed by atoms with E-state index in [1.807, 2.05) is 85.8 Å². The van der Waals surface area contributed by atoms with Crippen molar-refractivity contribution >= 4 is 6.03 Å². The molecule has 5 nitrogen and oxygen atoms in total. The largest absolute Gasteiger partial charge is 0.493 e. The van der Waals surface area contributed by atoms with Crippen LogP contribution in [0.5, 0.6) is 11.5 Å². The van der Waals surface area contributed by atoms with E-state index >= 15 is 0 Å². The van der Waals surface area contributed by atoms with E-state index in [-0.39, 0.29) is 18.1 Å². The maximum atomic E-state index is 12.8. The molecular formula is C24H26N2O3. The molecule has 2 N–H and O–H groups in total. The van der Waals surface area contributed by atoms with Gasteiger partial charge in [-0.05, 0) is 35.7 Å². The smallest absolute Gasteiger partial charge is 0.316 e. The molecule has 5 heteroatoms. The molecule has 0 aliphatic rings. The summed E-state index contributed by atoms with van der Waals surface area (Å²) in [5.41, 5.74) is 2.97. The lowest BCUT2D eigenvalue weighted by molar-refractivity contribution is 0.235.